The number of benzene rings is 1. The number of aromatic amines is 1. The van der Waals surface area contributed by atoms with E-state index in [1.54, 1.807) is 12.4 Å². The lowest BCUT2D eigenvalue weighted by Gasteiger charge is -2.42. The number of piperidine rings is 1. The number of rotatable bonds is 8. The lowest BCUT2D eigenvalue weighted by Crippen LogP contribution is -2.52. The van der Waals surface area contributed by atoms with Gasteiger partial charge in [0.2, 0.25) is 0 Å². The summed E-state index contributed by atoms with van der Waals surface area (Å²) < 4.78 is 0. The number of nitrogens with one attached hydrogen (secondary N) is 3. The first-order chi connectivity index (χ1) is 22.4. The Morgan fingerprint density at radius 1 is 0.891 bits per heavy atom. The second kappa shape index (κ2) is 13.5. The topological polar surface area (TPSA) is 155 Å². The standard InChI is InChI=1S/C34H46N10O2/c1-42-16-18-44(19-17-42)25-11-14-43(15-12-25)24-6-2-22(3-7-24)39-34-31(32(35)46)40-30(28-20-36-21-29-27(28)10-13-37-29)33(41-34)38-23-4-8-26(45)9-5-23/h2-3,6-7,10,13,20-21,23,25-26,32,37,45-46H,4-5,8-9,11-12,14-19,35H2,1H3,(H2,38,39,41)/t23-,26-,32?. The van der Waals surface area contributed by atoms with E-state index in [1.807, 2.05) is 24.4 Å². The molecule has 1 saturated carbocycles. The molecule has 2 saturated heterocycles. The summed E-state index contributed by atoms with van der Waals surface area (Å²) in [6.45, 7) is 6.77. The average Bonchev–Trinajstić information content (AvgIpc) is 3.56. The number of aliphatic hydroxyl groups excluding tert-OH is 2. The van der Waals surface area contributed by atoms with E-state index in [2.05, 4.69) is 54.5 Å². The van der Waals surface area contributed by atoms with Crippen LogP contribution in [-0.4, -0.2) is 104 Å². The Labute approximate surface area is 270 Å². The van der Waals surface area contributed by atoms with Gasteiger partial charge in [0.05, 0.1) is 17.8 Å². The number of anilines is 4. The van der Waals surface area contributed by atoms with E-state index >= 15 is 0 Å². The van der Waals surface area contributed by atoms with Gasteiger partial charge in [0.25, 0.3) is 0 Å². The molecule has 1 aliphatic carbocycles. The third-order valence-corrected chi connectivity index (χ3v) is 9.99. The molecule has 3 fully saturated rings. The number of hydrogen-bond acceptors (Lipinski definition) is 11. The van der Waals surface area contributed by atoms with Gasteiger partial charge in [0.15, 0.2) is 11.6 Å². The van der Waals surface area contributed by atoms with Crippen LogP contribution < -0.4 is 21.3 Å². The molecule has 46 heavy (non-hydrogen) atoms. The number of nitrogens with zero attached hydrogens (tertiary/aromatic N) is 6. The molecule has 3 aromatic heterocycles. The maximum absolute atomic E-state index is 10.7. The van der Waals surface area contributed by atoms with Gasteiger partial charge in [-0.25, -0.2) is 9.97 Å². The van der Waals surface area contributed by atoms with Gasteiger partial charge in [-0.1, -0.05) is 0 Å². The molecule has 3 aliphatic rings. The quantitative estimate of drug-likeness (QED) is 0.159. The molecule has 7 rings (SSSR count). The third-order valence-electron chi connectivity index (χ3n) is 9.99. The highest BCUT2D eigenvalue weighted by Crippen LogP contribution is 2.36. The van der Waals surface area contributed by atoms with Crippen molar-refractivity contribution in [3.63, 3.8) is 0 Å². The molecule has 0 radical (unpaired) electrons. The summed E-state index contributed by atoms with van der Waals surface area (Å²) in [7, 11) is 2.21. The van der Waals surface area contributed by atoms with Crippen LogP contribution >= 0.6 is 0 Å². The van der Waals surface area contributed by atoms with Crippen LogP contribution in [0.25, 0.3) is 22.2 Å². The van der Waals surface area contributed by atoms with Gasteiger partial charge in [-0.3, -0.25) is 9.88 Å². The first-order valence-electron chi connectivity index (χ1n) is 16.7. The maximum Gasteiger partial charge on any atom is 0.158 e. The van der Waals surface area contributed by atoms with Gasteiger partial charge in [-0.2, -0.15) is 0 Å². The minimum atomic E-state index is -1.34. The predicted octanol–water partition coefficient (Wildman–Crippen LogP) is 3.64. The Bertz CT molecular complexity index is 1600. The molecule has 1 unspecified atom stereocenters. The number of likely N-dealkylation sites (N-methyl/N-ethyl adjacent to an activating group) is 1. The van der Waals surface area contributed by atoms with E-state index in [1.165, 1.54) is 31.6 Å². The summed E-state index contributed by atoms with van der Waals surface area (Å²) in [6, 6.07) is 11.2. The summed E-state index contributed by atoms with van der Waals surface area (Å²) in [5, 5.41) is 28.7. The second-order valence-electron chi connectivity index (χ2n) is 13.1. The van der Waals surface area contributed by atoms with Crippen LogP contribution in [0.1, 0.15) is 50.4 Å². The van der Waals surface area contributed by atoms with Crippen molar-refractivity contribution in [3.8, 4) is 11.3 Å². The van der Waals surface area contributed by atoms with Crippen LogP contribution in [0, 0.1) is 0 Å². The van der Waals surface area contributed by atoms with Crippen LogP contribution in [0.3, 0.4) is 0 Å². The number of aliphatic hydroxyl groups is 2. The van der Waals surface area contributed by atoms with E-state index < -0.39 is 6.23 Å². The first-order valence-corrected chi connectivity index (χ1v) is 16.7. The van der Waals surface area contributed by atoms with Gasteiger partial charge in [0.1, 0.15) is 17.6 Å². The average molecular weight is 627 g/mol. The van der Waals surface area contributed by atoms with E-state index in [9.17, 15) is 10.2 Å². The summed E-state index contributed by atoms with van der Waals surface area (Å²) in [5.41, 5.74) is 10.6. The van der Waals surface area contributed by atoms with E-state index in [-0.39, 0.29) is 17.8 Å². The summed E-state index contributed by atoms with van der Waals surface area (Å²) in [5.74, 6) is 0.982. The molecule has 5 heterocycles. The fourth-order valence-electron chi connectivity index (χ4n) is 7.19. The van der Waals surface area contributed by atoms with Gasteiger partial charge < -0.3 is 41.4 Å². The van der Waals surface area contributed by atoms with Crippen molar-refractivity contribution in [2.24, 2.45) is 5.73 Å². The predicted molar refractivity (Wildman–Crippen MR) is 182 cm³/mol. The molecule has 12 nitrogen and oxygen atoms in total. The highest BCUT2D eigenvalue weighted by molar-refractivity contribution is 5.96. The van der Waals surface area contributed by atoms with Gasteiger partial charge >= 0.3 is 0 Å². The fourth-order valence-corrected chi connectivity index (χ4v) is 7.19. The highest BCUT2D eigenvalue weighted by Gasteiger charge is 2.28. The number of aromatic nitrogens is 4. The minimum absolute atomic E-state index is 0.135. The van der Waals surface area contributed by atoms with Crippen LogP contribution in [0.2, 0.25) is 0 Å². The summed E-state index contributed by atoms with van der Waals surface area (Å²) in [4.78, 5) is 25.1. The molecule has 7 N–H and O–H groups in total. The molecule has 0 spiro atoms. The Balaban J connectivity index is 1.12. The molecule has 2 aliphatic heterocycles. The van der Waals surface area contributed by atoms with Crippen LogP contribution in [0.15, 0.2) is 48.9 Å². The Kier molecular flexibility index (Phi) is 9.05. The zero-order valence-corrected chi connectivity index (χ0v) is 26.6. The molecule has 0 bridgehead atoms. The van der Waals surface area contributed by atoms with Gasteiger partial charge in [-0.05, 0) is 75.9 Å². The van der Waals surface area contributed by atoms with Crippen molar-refractivity contribution in [2.45, 2.75) is 62.9 Å². The van der Waals surface area contributed by atoms with E-state index in [0.717, 1.165) is 74.0 Å². The SMILES string of the molecule is CN1CCN(C2CCN(c3ccc(Nc4nc(N[C@H]5CC[C@H](O)CC5)c(-c5cncc6[nH]ccc56)nc4C(N)O)cc3)CC2)CC1. The molecular formula is C34H46N10O2. The molecule has 244 valence electrons. The minimum Gasteiger partial charge on any atom is -0.393 e. The van der Waals surface area contributed by atoms with Crippen molar-refractivity contribution in [1.82, 2.24) is 29.7 Å². The van der Waals surface area contributed by atoms with Crippen molar-refractivity contribution in [3.05, 3.63) is 54.6 Å². The number of fused-ring (bicyclic) bond motifs is 1. The monoisotopic (exact) mass is 626 g/mol. The molecule has 0 amide bonds. The second-order valence-corrected chi connectivity index (χ2v) is 13.1. The van der Waals surface area contributed by atoms with Crippen LogP contribution in [0.5, 0.6) is 0 Å². The molecule has 1 aromatic carbocycles. The first kappa shape index (κ1) is 30.8. The highest BCUT2D eigenvalue weighted by atomic mass is 16.3. The van der Waals surface area contributed by atoms with Gasteiger partial charge in [-0.15, -0.1) is 0 Å². The van der Waals surface area contributed by atoms with Crippen molar-refractivity contribution >= 4 is 33.9 Å². The van der Waals surface area contributed by atoms with Gasteiger partial charge in [0, 0.05) is 86.1 Å². The summed E-state index contributed by atoms with van der Waals surface area (Å²) >= 11 is 0. The largest absolute Gasteiger partial charge is 0.393 e. The van der Waals surface area contributed by atoms with E-state index in [0.29, 0.717) is 23.4 Å². The lowest BCUT2D eigenvalue weighted by molar-refractivity contribution is 0.0982. The lowest BCUT2D eigenvalue weighted by atomic mass is 9.93. The molecular weight excluding hydrogens is 580 g/mol. The number of piperazine rings is 1. The molecule has 1 atom stereocenters. The fraction of sp³-hybridized carbons (Fsp3) is 0.500. The number of hydrogen-bond donors (Lipinski definition) is 6. The number of pyridine rings is 1. The summed E-state index contributed by atoms with van der Waals surface area (Å²) in [6.07, 6.45) is 9.30. The number of H-pyrrole nitrogens is 1. The zero-order valence-electron chi connectivity index (χ0n) is 26.6. The Morgan fingerprint density at radius 3 is 2.35 bits per heavy atom. The van der Waals surface area contributed by atoms with E-state index in [4.69, 9.17) is 15.7 Å². The zero-order chi connectivity index (χ0) is 31.6. The van der Waals surface area contributed by atoms with Crippen molar-refractivity contribution in [1.29, 1.82) is 0 Å². The van der Waals surface area contributed by atoms with Crippen molar-refractivity contribution in [2.75, 3.05) is 61.8 Å². The molecule has 4 aromatic rings. The van der Waals surface area contributed by atoms with Crippen molar-refractivity contribution < 1.29 is 10.2 Å². The third kappa shape index (κ3) is 6.67. The van der Waals surface area contributed by atoms with Crippen LogP contribution in [0.4, 0.5) is 23.0 Å². The van der Waals surface area contributed by atoms with Crippen LogP contribution in [-0.2, 0) is 0 Å². The Hall–Kier alpha value is -3.81. The normalized spacial score (nSPS) is 22.7. The Morgan fingerprint density at radius 2 is 1.63 bits per heavy atom. The molecule has 12 heteroatoms. The smallest absolute Gasteiger partial charge is 0.158 e. The maximum atomic E-state index is 10.7. The number of nitrogens with two attached hydrogens (primary N) is 1.